The number of carbonyl (C=O) groups excluding carboxylic acids is 1. The van der Waals surface area contributed by atoms with Crippen LogP contribution in [0.2, 0.25) is 0 Å². The summed E-state index contributed by atoms with van der Waals surface area (Å²) >= 11 is 0. The molecule has 1 aliphatic carbocycles. The second-order valence-corrected chi connectivity index (χ2v) is 5.32. The van der Waals surface area contributed by atoms with Crippen molar-refractivity contribution >= 4 is 11.9 Å². The van der Waals surface area contributed by atoms with Crippen LogP contribution in [0.15, 0.2) is 4.99 Å². The molecule has 1 fully saturated rings. The molecule has 0 spiro atoms. The van der Waals surface area contributed by atoms with E-state index in [2.05, 4.69) is 4.99 Å². The smallest absolute Gasteiger partial charge is 0.256 e. The van der Waals surface area contributed by atoms with Crippen LogP contribution in [-0.2, 0) is 4.79 Å². The van der Waals surface area contributed by atoms with Gasteiger partial charge in [0.25, 0.3) is 5.91 Å². The molecule has 0 bridgehead atoms. The van der Waals surface area contributed by atoms with Crippen LogP contribution in [0.3, 0.4) is 0 Å². The lowest BCUT2D eigenvalue weighted by molar-refractivity contribution is -0.130. The minimum absolute atomic E-state index is 0.0515. The number of nitrogens with zero attached hydrogens (tertiary/aromatic N) is 2. The van der Waals surface area contributed by atoms with Gasteiger partial charge in [-0.15, -0.1) is 0 Å². The Morgan fingerprint density at radius 2 is 2.06 bits per heavy atom. The van der Waals surface area contributed by atoms with Gasteiger partial charge in [-0.2, -0.15) is 0 Å². The first-order chi connectivity index (χ1) is 7.53. The molecule has 2 rings (SSSR count). The fourth-order valence-corrected chi connectivity index (χ4v) is 2.93. The molecule has 0 saturated heterocycles. The van der Waals surface area contributed by atoms with Gasteiger partial charge in [0.15, 0.2) is 5.96 Å². The number of amides is 1. The van der Waals surface area contributed by atoms with Crippen LogP contribution >= 0.6 is 0 Å². The molecule has 1 atom stereocenters. The Balaban J connectivity index is 2.05. The summed E-state index contributed by atoms with van der Waals surface area (Å²) in [4.78, 5) is 17.9. The van der Waals surface area contributed by atoms with E-state index in [1.165, 1.54) is 37.0 Å². The summed E-state index contributed by atoms with van der Waals surface area (Å²) in [5.74, 6) is 1.06. The van der Waals surface area contributed by atoms with Crippen molar-refractivity contribution in [2.75, 3.05) is 7.05 Å². The topological polar surface area (TPSA) is 58.7 Å². The first-order valence-corrected chi connectivity index (χ1v) is 6.16. The third-order valence-electron chi connectivity index (χ3n) is 3.88. The average molecular weight is 223 g/mol. The van der Waals surface area contributed by atoms with Crippen molar-refractivity contribution in [1.82, 2.24) is 4.90 Å². The van der Waals surface area contributed by atoms with Crippen LogP contribution in [0.1, 0.15) is 45.4 Å². The van der Waals surface area contributed by atoms with Crippen molar-refractivity contribution < 1.29 is 4.79 Å². The third-order valence-corrected chi connectivity index (χ3v) is 3.88. The lowest BCUT2D eigenvalue weighted by atomic mass is 9.80. The van der Waals surface area contributed by atoms with E-state index in [0.29, 0.717) is 11.9 Å². The molecule has 0 aromatic carbocycles. The van der Waals surface area contributed by atoms with Gasteiger partial charge in [-0.3, -0.25) is 9.69 Å². The number of carbonyl (C=O) groups is 1. The van der Waals surface area contributed by atoms with Crippen molar-refractivity contribution in [2.45, 2.75) is 51.0 Å². The van der Waals surface area contributed by atoms with E-state index in [9.17, 15) is 4.79 Å². The Hall–Kier alpha value is -1.06. The third kappa shape index (κ3) is 1.93. The van der Waals surface area contributed by atoms with E-state index < -0.39 is 5.54 Å². The fourth-order valence-electron chi connectivity index (χ4n) is 2.93. The van der Waals surface area contributed by atoms with Gasteiger partial charge >= 0.3 is 0 Å². The SMILES string of the molecule is CN1C(=O)[C@@](C)(CC2CCCCC2)N=C1N. The van der Waals surface area contributed by atoms with Crippen molar-refractivity contribution in [1.29, 1.82) is 0 Å². The minimum Gasteiger partial charge on any atom is -0.369 e. The molecule has 2 aliphatic rings. The van der Waals surface area contributed by atoms with Crippen LogP contribution in [0, 0.1) is 5.92 Å². The van der Waals surface area contributed by atoms with Crippen LogP contribution in [0.25, 0.3) is 0 Å². The van der Waals surface area contributed by atoms with E-state index >= 15 is 0 Å². The van der Waals surface area contributed by atoms with Gasteiger partial charge in [-0.25, -0.2) is 4.99 Å². The molecule has 1 aliphatic heterocycles. The summed E-state index contributed by atoms with van der Waals surface area (Å²) in [6.07, 6.45) is 7.27. The maximum Gasteiger partial charge on any atom is 0.256 e. The minimum atomic E-state index is -0.596. The second-order valence-electron chi connectivity index (χ2n) is 5.32. The molecule has 0 radical (unpaired) electrons. The lowest BCUT2D eigenvalue weighted by Gasteiger charge is -2.28. The van der Waals surface area contributed by atoms with Crippen molar-refractivity contribution in [3.8, 4) is 0 Å². The van der Waals surface area contributed by atoms with Crippen LogP contribution < -0.4 is 5.73 Å². The van der Waals surface area contributed by atoms with E-state index in [4.69, 9.17) is 5.73 Å². The lowest BCUT2D eigenvalue weighted by Crippen LogP contribution is -2.41. The highest BCUT2D eigenvalue weighted by molar-refractivity contribution is 6.06. The molecule has 16 heavy (non-hydrogen) atoms. The summed E-state index contributed by atoms with van der Waals surface area (Å²) < 4.78 is 0. The summed E-state index contributed by atoms with van der Waals surface area (Å²) in [6.45, 7) is 1.92. The fraction of sp³-hybridized carbons (Fsp3) is 0.833. The zero-order valence-corrected chi connectivity index (χ0v) is 10.2. The summed E-state index contributed by atoms with van der Waals surface area (Å²) in [6, 6.07) is 0. The van der Waals surface area contributed by atoms with Crippen molar-refractivity contribution in [3.63, 3.8) is 0 Å². The first-order valence-electron chi connectivity index (χ1n) is 6.16. The van der Waals surface area contributed by atoms with Gasteiger partial charge in [0.1, 0.15) is 5.54 Å². The molecule has 2 N–H and O–H groups in total. The molecule has 1 heterocycles. The highest BCUT2D eigenvalue weighted by atomic mass is 16.2. The number of rotatable bonds is 2. The Morgan fingerprint density at radius 3 is 2.56 bits per heavy atom. The van der Waals surface area contributed by atoms with Gasteiger partial charge < -0.3 is 5.73 Å². The molecular formula is C12H21N3O. The zero-order chi connectivity index (χ0) is 11.8. The highest BCUT2D eigenvalue weighted by Crippen LogP contribution is 2.34. The monoisotopic (exact) mass is 223 g/mol. The van der Waals surface area contributed by atoms with Crippen LogP contribution in [-0.4, -0.2) is 29.4 Å². The Morgan fingerprint density at radius 1 is 1.44 bits per heavy atom. The molecular weight excluding hydrogens is 202 g/mol. The second kappa shape index (κ2) is 4.07. The average Bonchev–Trinajstić information content (AvgIpc) is 2.44. The first kappa shape index (κ1) is 11.4. The number of guanidine groups is 1. The summed E-state index contributed by atoms with van der Waals surface area (Å²) in [5.41, 5.74) is 5.11. The number of likely N-dealkylation sites (N-methyl/N-ethyl adjacent to an activating group) is 1. The predicted molar refractivity (Wildman–Crippen MR) is 64.0 cm³/mol. The van der Waals surface area contributed by atoms with Gasteiger partial charge in [0.05, 0.1) is 0 Å². The van der Waals surface area contributed by atoms with Crippen LogP contribution in [0.4, 0.5) is 0 Å². The van der Waals surface area contributed by atoms with E-state index in [1.54, 1.807) is 7.05 Å². The maximum atomic E-state index is 12.0. The maximum absolute atomic E-state index is 12.0. The Kier molecular flexibility index (Phi) is 2.91. The normalized spacial score (nSPS) is 32.0. The van der Waals surface area contributed by atoms with E-state index in [1.807, 2.05) is 6.92 Å². The van der Waals surface area contributed by atoms with Gasteiger partial charge in [0.2, 0.25) is 0 Å². The molecule has 1 saturated carbocycles. The largest absolute Gasteiger partial charge is 0.369 e. The molecule has 0 aromatic rings. The van der Waals surface area contributed by atoms with Crippen molar-refractivity contribution in [3.05, 3.63) is 0 Å². The van der Waals surface area contributed by atoms with Gasteiger partial charge in [-0.05, 0) is 19.3 Å². The number of hydrogen-bond acceptors (Lipinski definition) is 3. The summed E-state index contributed by atoms with van der Waals surface area (Å²) in [7, 11) is 1.70. The molecule has 0 unspecified atom stereocenters. The summed E-state index contributed by atoms with van der Waals surface area (Å²) in [5, 5.41) is 0. The molecule has 90 valence electrons. The quantitative estimate of drug-likeness (QED) is 0.771. The molecule has 0 aromatic heterocycles. The van der Waals surface area contributed by atoms with E-state index in [0.717, 1.165) is 6.42 Å². The Bertz CT molecular complexity index is 320. The number of aliphatic imine (C=N–C) groups is 1. The van der Waals surface area contributed by atoms with E-state index in [-0.39, 0.29) is 5.91 Å². The predicted octanol–water partition coefficient (Wildman–Crippen LogP) is 1.50. The van der Waals surface area contributed by atoms with Crippen molar-refractivity contribution in [2.24, 2.45) is 16.6 Å². The van der Waals surface area contributed by atoms with Gasteiger partial charge in [-0.1, -0.05) is 32.1 Å². The molecule has 4 heteroatoms. The highest BCUT2D eigenvalue weighted by Gasteiger charge is 2.43. The molecule has 4 nitrogen and oxygen atoms in total. The van der Waals surface area contributed by atoms with Gasteiger partial charge in [0, 0.05) is 7.05 Å². The standard InChI is InChI=1S/C12H21N3O/c1-12(8-9-6-4-3-5-7-9)10(16)15(2)11(13)14-12/h9H,3-8H2,1-2H3,(H2,13,14)/t12-/m1/s1. The molecule has 1 amide bonds. The number of hydrogen-bond donors (Lipinski definition) is 1. The zero-order valence-electron chi connectivity index (χ0n) is 10.2. The number of nitrogens with two attached hydrogens (primary N) is 1. The van der Waals surface area contributed by atoms with Crippen LogP contribution in [0.5, 0.6) is 0 Å². The Labute approximate surface area is 96.9 Å².